The van der Waals surface area contributed by atoms with Crippen LogP contribution >= 0.6 is 11.8 Å². The highest BCUT2D eigenvalue weighted by atomic mass is 32.2. The van der Waals surface area contributed by atoms with Gasteiger partial charge in [0, 0.05) is 41.9 Å². The van der Waals surface area contributed by atoms with Crippen LogP contribution in [0.4, 0.5) is 10.2 Å². The summed E-state index contributed by atoms with van der Waals surface area (Å²) in [5.41, 5.74) is 4.25. The first-order valence-electron chi connectivity index (χ1n) is 13.3. The van der Waals surface area contributed by atoms with Gasteiger partial charge in [0.25, 0.3) is 5.91 Å². The summed E-state index contributed by atoms with van der Waals surface area (Å²) < 4.78 is 19.9. The highest BCUT2D eigenvalue weighted by Gasteiger charge is 2.55. The number of amidine groups is 1. The van der Waals surface area contributed by atoms with Crippen molar-refractivity contribution in [2.45, 2.75) is 50.7 Å². The largest absolute Gasteiger partial charge is 0.495 e. The van der Waals surface area contributed by atoms with Crippen LogP contribution < -0.4 is 21.0 Å². The lowest BCUT2D eigenvalue weighted by molar-refractivity contribution is -0.121. The fraction of sp³-hybridized carbons (Fsp3) is 0.500. The molecule has 1 saturated heterocycles. The molecule has 39 heavy (non-hydrogen) atoms. The van der Waals surface area contributed by atoms with Crippen LogP contribution in [0.2, 0.25) is 0 Å². The number of hydrogen-bond donors (Lipinski definition) is 3. The van der Waals surface area contributed by atoms with E-state index in [1.54, 1.807) is 23.2 Å². The van der Waals surface area contributed by atoms with Gasteiger partial charge in [-0.1, -0.05) is 18.8 Å². The van der Waals surface area contributed by atoms with Crippen LogP contribution in [0.15, 0.2) is 35.4 Å². The number of anilines is 1. The quantitative estimate of drug-likeness (QED) is 0.484. The van der Waals surface area contributed by atoms with E-state index in [1.165, 1.54) is 32.0 Å². The summed E-state index contributed by atoms with van der Waals surface area (Å²) in [6, 6.07) is 1.12. The fourth-order valence-electron chi connectivity index (χ4n) is 5.39. The molecule has 0 bridgehead atoms. The Morgan fingerprint density at radius 2 is 2.15 bits per heavy atom. The molecule has 1 aromatic rings. The van der Waals surface area contributed by atoms with E-state index in [-0.39, 0.29) is 22.8 Å². The van der Waals surface area contributed by atoms with Gasteiger partial charge in [0.05, 0.1) is 18.7 Å². The molecule has 9 nitrogen and oxygen atoms in total. The maximum absolute atomic E-state index is 14.3. The highest BCUT2D eigenvalue weighted by Crippen LogP contribution is 2.52. The van der Waals surface area contributed by atoms with Gasteiger partial charge >= 0.3 is 0 Å². The number of dihydropyridines is 1. The number of carbonyl (C=O) groups excluding carboxylic acids is 2. The number of methoxy groups -OCH3 is 1. The van der Waals surface area contributed by atoms with Crippen LogP contribution in [0.25, 0.3) is 5.57 Å². The molecule has 0 spiro atoms. The van der Waals surface area contributed by atoms with E-state index in [4.69, 9.17) is 4.74 Å². The summed E-state index contributed by atoms with van der Waals surface area (Å²) in [4.78, 5) is 33.0. The molecule has 11 heteroatoms. The lowest BCUT2D eigenvalue weighted by atomic mass is 9.94. The average Bonchev–Trinajstić information content (AvgIpc) is 3.84. The Morgan fingerprint density at radius 3 is 2.90 bits per heavy atom. The Balaban J connectivity index is 1.31. The van der Waals surface area contributed by atoms with E-state index in [9.17, 15) is 14.0 Å². The Hall–Kier alpha value is -3.52. The van der Waals surface area contributed by atoms with Crippen molar-refractivity contribution in [3.05, 3.63) is 41.4 Å². The van der Waals surface area contributed by atoms with Crippen molar-refractivity contribution >= 4 is 40.1 Å². The number of hydrogen-bond acceptors (Lipinski definition) is 8. The second kappa shape index (κ2) is 10.2. The number of thioether (sulfide) groups is 1. The molecule has 5 unspecified atom stereocenters. The molecule has 3 N–H and O–H groups in total. The van der Waals surface area contributed by atoms with Gasteiger partial charge < -0.3 is 10.1 Å². The van der Waals surface area contributed by atoms with Crippen molar-refractivity contribution in [2.75, 3.05) is 18.6 Å². The molecule has 0 radical (unpaired) electrons. The van der Waals surface area contributed by atoms with E-state index in [0.717, 1.165) is 19.3 Å². The van der Waals surface area contributed by atoms with Gasteiger partial charge in [-0.05, 0) is 61.9 Å². The number of alkyl halides is 1. The maximum atomic E-state index is 14.3. The number of piperidine rings is 1. The van der Waals surface area contributed by atoms with E-state index in [0.29, 0.717) is 52.2 Å². The molecular weight excluding hydrogens is 519 g/mol. The smallest absolute Gasteiger partial charge is 0.259 e. The minimum atomic E-state index is -1.19. The first-order chi connectivity index (χ1) is 18.8. The molecule has 2 amide bonds. The summed E-state index contributed by atoms with van der Waals surface area (Å²) in [5.74, 6) is 8.22. The Bertz CT molecular complexity index is 1360. The van der Waals surface area contributed by atoms with Gasteiger partial charge in [0.15, 0.2) is 10.5 Å². The van der Waals surface area contributed by atoms with Crippen LogP contribution in [0.3, 0.4) is 0 Å². The van der Waals surface area contributed by atoms with Crippen LogP contribution in [-0.2, 0) is 9.53 Å². The van der Waals surface area contributed by atoms with E-state index in [2.05, 4.69) is 44.9 Å². The molecule has 2 aliphatic carbocycles. The first kappa shape index (κ1) is 25.7. The molecule has 0 aromatic carbocycles. The molecule has 4 heterocycles. The number of fused-ring (bicyclic) bond motifs is 1. The van der Waals surface area contributed by atoms with E-state index in [1.807, 2.05) is 0 Å². The van der Waals surface area contributed by atoms with Crippen LogP contribution in [0.5, 0.6) is 0 Å². The third-order valence-electron chi connectivity index (χ3n) is 7.96. The SMILES string of the molecule is COC1=CNC(C(C)F)C=C1c1cc(N2CCC3C(C2=O)[C@@H]3C)ncc1C(=O)NC1=NNC(C#CC2CC2)S1. The summed E-state index contributed by atoms with van der Waals surface area (Å²) in [6.45, 7) is 4.15. The summed E-state index contributed by atoms with van der Waals surface area (Å²) >= 11 is 1.34. The summed E-state index contributed by atoms with van der Waals surface area (Å²) in [6.07, 6.45) is 6.79. The Labute approximate surface area is 231 Å². The Morgan fingerprint density at radius 1 is 1.33 bits per heavy atom. The normalized spacial score (nSPS) is 29.8. The molecule has 1 aromatic heterocycles. The predicted molar refractivity (Wildman–Crippen MR) is 148 cm³/mol. The zero-order chi connectivity index (χ0) is 27.3. The van der Waals surface area contributed by atoms with Crippen molar-refractivity contribution in [1.82, 2.24) is 21.0 Å². The number of allylic oxidation sites excluding steroid dienone is 1. The van der Waals surface area contributed by atoms with Crippen LogP contribution in [0, 0.1) is 35.5 Å². The van der Waals surface area contributed by atoms with Crippen molar-refractivity contribution in [3.8, 4) is 11.8 Å². The number of hydrazone groups is 1. The van der Waals surface area contributed by atoms with Crippen LogP contribution in [0.1, 0.15) is 49.0 Å². The number of nitrogens with one attached hydrogen (secondary N) is 3. The highest BCUT2D eigenvalue weighted by molar-refractivity contribution is 8.14. The number of pyridine rings is 1. The second-order valence-corrected chi connectivity index (χ2v) is 11.7. The standard InChI is InChI=1S/C28H31FN6O3S/c1-14-17-8-9-35(27(37)25(14)17)23-11-18(19-10-21(15(2)29)30-13-22(19)38-3)20(12-31-23)26(36)32-28-34-33-24(39-28)7-6-16-4-5-16/h10-17,21,24-25,30,33H,4-5,8-9H2,1-3H3,(H,32,34,36)/t14-,15?,17?,21?,24?,25?/m1/s1. The van der Waals surface area contributed by atoms with Crippen LogP contribution in [-0.4, -0.2) is 53.2 Å². The monoisotopic (exact) mass is 550 g/mol. The number of rotatable bonds is 5. The third-order valence-corrected chi connectivity index (χ3v) is 8.84. The minimum absolute atomic E-state index is 0.0251. The van der Waals surface area contributed by atoms with Crippen molar-refractivity contribution in [3.63, 3.8) is 0 Å². The number of carbonyl (C=O) groups is 2. The summed E-state index contributed by atoms with van der Waals surface area (Å²) in [7, 11) is 1.52. The molecule has 5 aliphatic rings. The molecule has 3 aliphatic heterocycles. The van der Waals surface area contributed by atoms with Gasteiger partial charge in [-0.15, -0.1) is 0 Å². The number of nitrogens with zero attached hydrogens (tertiary/aromatic N) is 3. The number of aromatic nitrogens is 1. The molecule has 6 rings (SSSR count). The summed E-state index contributed by atoms with van der Waals surface area (Å²) in [5, 5.41) is 10.2. The number of amides is 2. The van der Waals surface area contributed by atoms with Crippen molar-refractivity contribution in [2.24, 2.45) is 28.8 Å². The van der Waals surface area contributed by atoms with Gasteiger partial charge in [0.1, 0.15) is 17.7 Å². The number of ether oxygens (including phenoxy) is 1. The predicted octanol–water partition coefficient (Wildman–Crippen LogP) is 2.98. The lowest BCUT2D eigenvalue weighted by Crippen LogP contribution is -2.38. The topological polar surface area (TPSA) is 108 Å². The molecule has 204 valence electrons. The van der Waals surface area contributed by atoms with Gasteiger partial charge in [-0.2, -0.15) is 5.10 Å². The maximum Gasteiger partial charge on any atom is 0.259 e. The van der Waals surface area contributed by atoms with E-state index < -0.39 is 18.1 Å². The first-order valence-corrected chi connectivity index (χ1v) is 14.2. The molecule has 6 atom stereocenters. The van der Waals surface area contributed by atoms with Crippen molar-refractivity contribution in [1.29, 1.82) is 0 Å². The lowest BCUT2D eigenvalue weighted by Gasteiger charge is -2.28. The number of halogens is 1. The fourth-order valence-corrected chi connectivity index (χ4v) is 6.10. The molecule has 2 saturated carbocycles. The zero-order valence-electron chi connectivity index (χ0n) is 22.0. The minimum Gasteiger partial charge on any atom is -0.495 e. The zero-order valence-corrected chi connectivity index (χ0v) is 22.8. The van der Waals surface area contributed by atoms with Gasteiger partial charge in [-0.25, -0.2) is 9.37 Å². The third kappa shape index (κ3) is 5.10. The van der Waals surface area contributed by atoms with Gasteiger partial charge in [-0.3, -0.25) is 25.2 Å². The van der Waals surface area contributed by atoms with Gasteiger partial charge in [0.2, 0.25) is 5.91 Å². The van der Waals surface area contributed by atoms with Crippen molar-refractivity contribution < 1.29 is 18.7 Å². The molecule has 3 fully saturated rings. The van der Waals surface area contributed by atoms with E-state index >= 15 is 0 Å². The Kier molecular flexibility index (Phi) is 6.75. The molecular formula is C28H31FN6O3S. The average molecular weight is 551 g/mol. The second-order valence-electron chi connectivity index (χ2n) is 10.6.